The summed E-state index contributed by atoms with van der Waals surface area (Å²) in [5.74, 6) is 0.958. The molecule has 6 nitrogen and oxygen atoms in total. The number of carbonyl (C=O) groups excluding carboxylic acids is 1. The van der Waals surface area contributed by atoms with Crippen molar-refractivity contribution in [1.82, 2.24) is 4.90 Å². The van der Waals surface area contributed by atoms with E-state index in [1.807, 2.05) is 42.5 Å². The Morgan fingerprint density at radius 3 is 2.35 bits per heavy atom. The van der Waals surface area contributed by atoms with E-state index in [4.69, 9.17) is 42.4 Å². The van der Waals surface area contributed by atoms with Gasteiger partial charge in [0.05, 0.1) is 40.9 Å². The molecular formula is C31H26Cl2N2O4S. The number of carbonyl (C=O) groups is 1. The Balaban J connectivity index is 1.36. The average molecular weight is 594 g/mol. The van der Waals surface area contributed by atoms with Gasteiger partial charge in [0.2, 0.25) is 0 Å². The summed E-state index contributed by atoms with van der Waals surface area (Å²) in [7, 11) is 3.20. The molecule has 0 N–H and O–H groups in total. The molecule has 0 aromatic heterocycles. The Hall–Kier alpha value is -3.49. The van der Waals surface area contributed by atoms with E-state index in [1.165, 1.54) is 11.8 Å². The van der Waals surface area contributed by atoms with Crippen LogP contribution in [0.1, 0.15) is 11.1 Å². The third kappa shape index (κ3) is 6.45. The van der Waals surface area contributed by atoms with Crippen molar-refractivity contribution in [3.05, 3.63) is 105 Å². The van der Waals surface area contributed by atoms with Crippen LogP contribution in [-0.2, 0) is 16.1 Å². The van der Waals surface area contributed by atoms with Crippen LogP contribution in [0, 0.1) is 0 Å². The van der Waals surface area contributed by atoms with E-state index in [2.05, 4.69) is 24.3 Å². The predicted octanol–water partition coefficient (Wildman–Crippen LogP) is 7.98. The quantitative estimate of drug-likeness (QED) is 0.184. The van der Waals surface area contributed by atoms with Gasteiger partial charge in [-0.15, -0.1) is 0 Å². The molecule has 0 radical (unpaired) electrons. The van der Waals surface area contributed by atoms with E-state index in [-0.39, 0.29) is 5.91 Å². The predicted molar refractivity (Wildman–Crippen MR) is 164 cm³/mol. The lowest BCUT2D eigenvalue weighted by Crippen LogP contribution is -2.32. The van der Waals surface area contributed by atoms with E-state index in [0.717, 1.165) is 22.1 Å². The normalized spacial score (nSPS) is 15.4. The smallest absolute Gasteiger partial charge is 0.266 e. The van der Waals surface area contributed by atoms with E-state index < -0.39 is 0 Å². The first-order chi connectivity index (χ1) is 19.4. The van der Waals surface area contributed by atoms with E-state index >= 15 is 0 Å². The van der Waals surface area contributed by atoms with Gasteiger partial charge in [0.15, 0.2) is 10.9 Å². The number of thioether (sulfide) groups is 1. The third-order valence-corrected chi connectivity index (χ3v) is 7.79. The zero-order chi connectivity index (χ0) is 28.1. The summed E-state index contributed by atoms with van der Waals surface area (Å²) in [5.41, 5.74) is 2.39. The molecule has 0 atom stereocenters. The molecule has 5 rings (SSSR count). The first-order valence-corrected chi connectivity index (χ1v) is 14.0. The molecule has 0 saturated carbocycles. The minimum atomic E-state index is -0.168. The monoisotopic (exact) mass is 592 g/mol. The number of nitrogens with zero attached hydrogens (tertiary/aromatic N) is 2. The summed E-state index contributed by atoms with van der Waals surface area (Å²) in [4.78, 5) is 20.1. The maximum Gasteiger partial charge on any atom is 0.266 e. The van der Waals surface area contributed by atoms with Crippen LogP contribution < -0.4 is 9.47 Å². The third-order valence-electron chi connectivity index (χ3n) is 6.22. The number of rotatable bonds is 9. The fraction of sp³-hybridized carbons (Fsp3) is 0.161. The Morgan fingerprint density at radius 2 is 1.65 bits per heavy atom. The molecule has 1 fully saturated rings. The minimum Gasteiger partial charge on any atom is -0.497 e. The lowest BCUT2D eigenvalue weighted by Gasteiger charge is -2.14. The van der Waals surface area contributed by atoms with Crippen molar-refractivity contribution in [3.8, 4) is 11.5 Å². The van der Waals surface area contributed by atoms with Crippen molar-refractivity contribution in [2.24, 2.45) is 4.99 Å². The van der Waals surface area contributed by atoms with Crippen molar-refractivity contribution < 1.29 is 19.0 Å². The number of aliphatic imine (C=N–C) groups is 1. The fourth-order valence-corrected chi connectivity index (χ4v) is 5.81. The summed E-state index contributed by atoms with van der Waals surface area (Å²) >= 11 is 14.5. The summed E-state index contributed by atoms with van der Waals surface area (Å²) < 4.78 is 16.4. The molecule has 204 valence electrons. The van der Waals surface area contributed by atoms with Gasteiger partial charge in [-0.3, -0.25) is 9.69 Å². The van der Waals surface area contributed by atoms with Crippen LogP contribution in [0.2, 0.25) is 10.0 Å². The molecule has 4 aromatic carbocycles. The molecule has 9 heteroatoms. The lowest BCUT2D eigenvalue weighted by atomic mass is 10.1. The molecule has 1 aliphatic heterocycles. The Morgan fingerprint density at radius 1 is 0.925 bits per heavy atom. The highest BCUT2D eigenvalue weighted by atomic mass is 35.5. The second-order valence-corrected chi connectivity index (χ2v) is 10.8. The Labute approximate surface area is 247 Å². The van der Waals surface area contributed by atoms with Crippen LogP contribution in [0.3, 0.4) is 0 Å². The van der Waals surface area contributed by atoms with Crippen molar-refractivity contribution in [2.45, 2.75) is 6.61 Å². The van der Waals surface area contributed by atoms with Crippen LogP contribution in [0.25, 0.3) is 16.8 Å². The molecule has 4 aromatic rings. The number of benzene rings is 4. The molecule has 0 aliphatic carbocycles. The minimum absolute atomic E-state index is 0.168. The number of amides is 1. The molecule has 1 saturated heterocycles. The zero-order valence-electron chi connectivity index (χ0n) is 21.9. The number of hydrogen-bond donors (Lipinski definition) is 0. The lowest BCUT2D eigenvalue weighted by molar-refractivity contribution is -0.122. The van der Waals surface area contributed by atoms with Gasteiger partial charge in [-0.25, -0.2) is 4.99 Å². The second kappa shape index (κ2) is 12.8. The molecule has 40 heavy (non-hydrogen) atoms. The first-order valence-electron chi connectivity index (χ1n) is 12.5. The maximum absolute atomic E-state index is 13.3. The molecule has 0 bridgehead atoms. The molecule has 0 unspecified atom stereocenters. The summed E-state index contributed by atoms with van der Waals surface area (Å²) in [5, 5.41) is 3.58. The van der Waals surface area contributed by atoms with Crippen molar-refractivity contribution in [1.29, 1.82) is 0 Å². The van der Waals surface area contributed by atoms with Gasteiger partial charge in [0.25, 0.3) is 5.91 Å². The zero-order valence-corrected chi connectivity index (χ0v) is 24.2. The summed E-state index contributed by atoms with van der Waals surface area (Å²) in [6.45, 7) is 1.07. The number of hydrogen-bond acceptors (Lipinski definition) is 6. The van der Waals surface area contributed by atoms with Crippen LogP contribution in [0.5, 0.6) is 11.5 Å². The first kappa shape index (κ1) is 28.1. The van der Waals surface area contributed by atoms with E-state index in [1.54, 1.807) is 37.3 Å². The van der Waals surface area contributed by atoms with E-state index in [9.17, 15) is 4.79 Å². The summed E-state index contributed by atoms with van der Waals surface area (Å²) in [6, 6.07) is 25.1. The van der Waals surface area contributed by atoms with E-state index in [0.29, 0.717) is 56.9 Å². The van der Waals surface area contributed by atoms with Crippen LogP contribution in [0.4, 0.5) is 5.69 Å². The molecular weight excluding hydrogens is 567 g/mol. The maximum atomic E-state index is 13.3. The Kier molecular flexibility index (Phi) is 8.97. The largest absolute Gasteiger partial charge is 0.497 e. The average Bonchev–Trinajstić information content (AvgIpc) is 3.24. The number of ether oxygens (including phenoxy) is 3. The number of halogens is 2. The number of methoxy groups -OCH3 is 2. The highest BCUT2D eigenvalue weighted by molar-refractivity contribution is 8.18. The highest BCUT2D eigenvalue weighted by Gasteiger charge is 2.33. The Bertz CT molecular complexity index is 1580. The van der Waals surface area contributed by atoms with Gasteiger partial charge in [0.1, 0.15) is 12.4 Å². The summed E-state index contributed by atoms with van der Waals surface area (Å²) in [6.07, 6.45) is 1.76. The molecule has 1 heterocycles. The van der Waals surface area contributed by atoms with Crippen LogP contribution >= 0.6 is 35.0 Å². The van der Waals surface area contributed by atoms with Gasteiger partial charge < -0.3 is 14.2 Å². The fourth-order valence-electron chi connectivity index (χ4n) is 4.17. The van der Waals surface area contributed by atoms with Gasteiger partial charge in [-0.05, 0) is 82.2 Å². The number of amidine groups is 1. The standard InChI is InChI=1S/C31H26Cl2N2O4S/c1-37-14-13-35-30(36)28(40-31(35)34-24-9-11-25(38-2)12-10-24)18-21-16-26(32)29(27(33)17-21)39-19-20-7-8-22-5-3-4-6-23(22)15-20/h3-12,15-18H,13-14,19H2,1-2H3/b28-18-,34-31?. The van der Waals surface area contributed by atoms with Gasteiger partial charge >= 0.3 is 0 Å². The van der Waals surface area contributed by atoms with Crippen molar-refractivity contribution in [3.63, 3.8) is 0 Å². The molecule has 1 aliphatic rings. The van der Waals surface area contributed by atoms with Crippen LogP contribution in [-0.4, -0.2) is 43.3 Å². The van der Waals surface area contributed by atoms with Gasteiger partial charge in [-0.1, -0.05) is 59.6 Å². The molecule has 1 amide bonds. The second-order valence-electron chi connectivity index (χ2n) is 8.94. The SMILES string of the molecule is COCCN1C(=O)/C(=C/c2cc(Cl)c(OCc3ccc4ccccc4c3)c(Cl)c2)SC1=Nc1ccc(OC)cc1. The topological polar surface area (TPSA) is 60.4 Å². The van der Waals surface area contributed by atoms with Gasteiger partial charge in [-0.2, -0.15) is 0 Å². The number of fused-ring (bicyclic) bond motifs is 1. The molecule has 0 spiro atoms. The van der Waals surface area contributed by atoms with Crippen LogP contribution in [0.15, 0.2) is 88.8 Å². The van der Waals surface area contributed by atoms with Crippen molar-refractivity contribution in [2.75, 3.05) is 27.4 Å². The van der Waals surface area contributed by atoms with Crippen molar-refractivity contribution >= 4 is 68.6 Å². The highest BCUT2D eigenvalue weighted by Crippen LogP contribution is 2.38. The van der Waals surface area contributed by atoms with Gasteiger partial charge in [0, 0.05) is 7.11 Å².